The van der Waals surface area contributed by atoms with E-state index in [4.69, 9.17) is 4.74 Å². The number of aryl methyl sites for hydroxylation is 1. The fraction of sp³-hybridized carbons (Fsp3) is 0.400. The van der Waals surface area contributed by atoms with E-state index in [0.29, 0.717) is 22.6 Å². The van der Waals surface area contributed by atoms with E-state index in [1.807, 2.05) is 0 Å². The number of halogens is 1. The van der Waals surface area contributed by atoms with Gasteiger partial charge in [-0.1, -0.05) is 6.07 Å². The zero-order chi connectivity index (χ0) is 19.9. The summed E-state index contributed by atoms with van der Waals surface area (Å²) in [5.74, 6) is -2.25. The molecule has 7 heteroatoms. The minimum absolute atomic E-state index is 0.171. The van der Waals surface area contributed by atoms with Crippen molar-refractivity contribution in [1.29, 1.82) is 0 Å². The van der Waals surface area contributed by atoms with Crippen molar-refractivity contribution in [3.8, 4) is 11.1 Å². The first-order valence-electron chi connectivity index (χ1n) is 8.74. The van der Waals surface area contributed by atoms with Gasteiger partial charge in [-0.15, -0.1) is 0 Å². The van der Waals surface area contributed by atoms with Crippen molar-refractivity contribution in [2.45, 2.75) is 46.1 Å². The summed E-state index contributed by atoms with van der Waals surface area (Å²) in [6.07, 6.45) is 1.56. The van der Waals surface area contributed by atoms with Crippen molar-refractivity contribution in [3.63, 3.8) is 0 Å². The smallest absolute Gasteiger partial charge is 0.326 e. The molecule has 0 unspecified atom stereocenters. The summed E-state index contributed by atoms with van der Waals surface area (Å²) in [6.45, 7) is 8.26. The molecule has 0 saturated carbocycles. The predicted octanol–water partition coefficient (Wildman–Crippen LogP) is 3.38. The van der Waals surface area contributed by atoms with Crippen LogP contribution in [0.5, 0.6) is 0 Å². The Balaban J connectivity index is 2.17. The van der Waals surface area contributed by atoms with Gasteiger partial charge in [-0.3, -0.25) is 19.5 Å². The highest BCUT2D eigenvalue weighted by atomic mass is 19.1. The van der Waals surface area contributed by atoms with Crippen LogP contribution < -0.4 is 4.90 Å². The molecule has 1 amide bonds. The molecule has 0 aliphatic carbocycles. The van der Waals surface area contributed by atoms with Gasteiger partial charge in [0.25, 0.3) is 0 Å². The largest absolute Gasteiger partial charge is 0.459 e. The molecular weight excluding hydrogens is 349 g/mol. The molecule has 2 aromatic heterocycles. The molecule has 1 aliphatic rings. The van der Waals surface area contributed by atoms with E-state index in [1.165, 1.54) is 4.90 Å². The number of carbonyl (C=O) groups is 2. The van der Waals surface area contributed by atoms with Gasteiger partial charge in [-0.2, -0.15) is 4.39 Å². The number of rotatable bonds is 2. The third-order valence-electron chi connectivity index (χ3n) is 4.24. The Kier molecular flexibility index (Phi) is 4.71. The number of anilines is 1. The molecule has 142 valence electrons. The van der Waals surface area contributed by atoms with Crippen molar-refractivity contribution in [2.75, 3.05) is 11.4 Å². The molecule has 3 heterocycles. The number of fused-ring (bicyclic) bond motifs is 3. The second-order valence-electron chi connectivity index (χ2n) is 7.62. The van der Waals surface area contributed by atoms with E-state index >= 15 is 0 Å². The maximum Gasteiger partial charge on any atom is 0.326 e. The van der Waals surface area contributed by atoms with Gasteiger partial charge in [0.05, 0.1) is 22.9 Å². The van der Waals surface area contributed by atoms with E-state index in [-0.39, 0.29) is 18.0 Å². The number of amides is 1. The summed E-state index contributed by atoms with van der Waals surface area (Å²) in [4.78, 5) is 35.0. The van der Waals surface area contributed by atoms with Crippen molar-refractivity contribution in [3.05, 3.63) is 41.7 Å². The maximum atomic E-state index is 14.8. The molecule has 0 bridgehead atoms. The summed E-state index contributed by atoms with van der Waals surface area (Å²) < 4.78 is 20.2. The summed E-state index contributed by atoms with van der Waals surface area (Å²) >= 11 is 0. The average molecular weight is 371 g/mol. The van der Waals surface area contributed by atoms with Crippen molar-refractivity contribution >= 4 is 17.6 Å². The minimum atomic E-state index is -0.699. The Morgan fingerprint density at radius 1 is 1.37 bits per heavy atom. The third kappa shape index (κ3) is 3.67. The standard InChI is InChI=1S/C20H22FN3O3/c1-11-9-14-16(18(21)23-11)13-7-6-8-22-17(13)12(2)19(26)24(14)10-15(25)27-20(3,4)5/h6-9,12H,10H2,1-5H3/t12-/m1/s1. The average Bonchev–Trinajstić information content (AvgIpc) is 2.63. The van der Waals surface area contributed by atoms with Crippen LogP contribution in [-0.2, 0) is 14.3 Å². The molecule has 27 heavy (non-hydrogen) atoms. The second kappa shape index (κ2) is 6.72. The lowest BCUT2D eigenvalue weighted by atomic mass is 9.98. The highest BCUT2D eigenvalue weighted by Crippen LogP contribution is 2.41. The molecule has 0 fully saturated rings. The normalized spacial score (nSPS) is 16.4. The van der Waals surface area contributed by atoms with E-state index in [0.717, 1.165) is 0 Å². The zero-order valence-corrected chi connectivity index (χ0v) is 16.0. The number of pyridine rings is 2. The first-order valence-corrected chi connectivity index (χ1v) is 8.74. The number of hydrogen-bond acceptors (Lipinski definition) is 5. The first kappa shape index (κ1) is 18.9. The van der Waals surface area contributed by atoms with Gasteiger partial charge in [0.1, 0.15) is 12.1 Å². The van der Waals surface area contributed by atoms with Crippen molar-refractivity contribution in [2.24, 2.45) is 0 Å². The molecule has 0 radical (unpaired) electrons. The summed E-state index contributed by atoms with van der Waals surface area (Å²) in [6, 6.07) is 5.00. The summed E-state index contributed by atoms with van der Waals surface area (Å²) in [5, 5.41) is 0. The van der Waals surface area contributed by atoms with Gasteiger partial charge >= 0.3 is 5.97 Å². The van der Waals surface area contributed by atoms with Crippen LogP contribution >= 0.6 is 0 Å². The Labute approximate surface area is 157 Å². The highest BCUT2D eigenvalue weighted by Gasteiger charge is 2.36. The molecule has 1 aliphatic heterocycles. The van der Waals surface area contributed by atoms with Gasteiger partial charge in [-0.25, -0.2) is 4.98 Å². The quantitative estimate of drug-likeness (QED) is 0.598. The number of nitrogens with zero attached hydrogens (tertiary/aromatic N) is 3. The summed E-state index contributed by atoms with van der Waals surface area (Å²) in [7, 11) is 0. The topological polar surface area (TPSA) is 72.4 Å². The van der Waals surface area contributed by atoms with Gasteiger partial charge in [0, 0.05) is 17.5 Å². The Morgan fingerprint density at radius 2 is 2.07 bits per heavy atom. The number of hydrogen-bond donors (Lipinski definition) is 0. The lowest BCUT2D eigenvalue weighted by Crippen LogP contribution is -2.40. The highest BCUT2D eigenvalue weighted by molar-refractivity contribution is 6.07. The number of esters is 1. The van der Waals surface area contributed by atoms with Gasteiger partial charge < -0.3 is 4.74 Å². The fourth-order valence-corrected chi connectivity index (χ4v) is 3.19. The predicted molar refractivity (Wildman–Crippen MR) is 98.8 cm³/mol. The van der Waals surface area contributed by atoms with Crippen LogP contribution in [0.2, 0.25) is 0 Å². The van der Waals surface area contributed by atoms with Crippen molar-refractivity contribution in [1.82, 2.24) is 9.97 Å². The van der Waals surface area contributed by atoms with Gasteiger partial charge in [0.2, 0.25) is 11.9 Å². The van der Waals surface area contributed by atoms with Crippen LogP contribution in [0, 0.1) is 12.9 Å². The van der Waals surface area contributed by atoms with E-state index in [9.17, 15) is 14.0 Å². The van der Waals surface area contributed by atoms with Crippen LogP contribution in [0.3, 0.4) is 0 Å². The first-order chi connectivity index (χ1) is 12.6. The SMILES string of the molecule is Cc1cc2c(c(F)n1)-c1cccnc1[C@@H](C)C(=O)N2CC(=O)OC(C)(C)C. The van der Waals surface area contributed by atoms with Crippen LogP contribution in [0.15, 0.2) is 24.4 Å². The molecule has 6 nitrogen and oxygen atoms in total. The second-order valence-corrected chi connectivity index (χ2v) is 7.62. The van der Waals surface area contributed by atoms with Crippen LogP contribution in [0.4, 0.5) is 10.1 Å². The number of carbonyl (C=O) groups excluding carboxylic acids is 2. The fourth-order valence-electron chi connectivity index (χ4n) is 3.19. The monoisotopic (exact) mass is 371 g/mol. The van der Waals surface area contributed by atoms with E-state index < -0.39 is 23.4 Å². The Hall–Kier alpha value is -2.83. The lowest BCUT2D eigenvalue weighted by Gasteiger charge is -2.26. The van der Waals surface area contributed by atoms with E-state index in [1.54, 1.807) is 59.0 Å². The van der Waals surface area contributed by atoms with Gasteiger partial charge in [-0.05, 0) is 46.8 Å². The molecule has 0 N–H and O–H groups in total. The molecule has 3 rings (SSSR count). The minimum Gasteiger partial charge on any atom is -0.459 e. The number of aromatic nitrogens is 2. The van der Waals surface area contributed by atoms with E-state index in [2.05, 4.69) is 9.97 Å². The molecule has 0 saturated heterocycles. The van der Waals surface area contributed by atoms with Crippen LogP contribution in [0.25, 0.3) is 11.1 Å². The van der Waals surface area contributed by atoms with Crippen LogP contribution in [0.1, 0.15) is 45.0 Å². The maximum absolute atomic E-state index is 14.8. The Bertz CT molecular complexity index is 921. The van der Waals surface area contributed by atoms with Crippen molar-refractivity contribution < 1.29 is 18.7 Å². The summed E-state index contributed by atoms with van der Waals surface area (Å²) in [5.41, 5.74) is 1.15. The Morgan fingerprint density at radius 3 is 2.74 bits per heavy atom. The van der Waals surface area contributed by atoms with Gasteiger partial charge in [0.15, 0.2) is 0 Å². The third-order valence-corrected chi connectivity index (χ3v) is 4.24. The zero-order valence-electron chi connectivity index (χ0n) is 16.0. The molecule has 0 aromatic carbocycles. The molecule has 0 spiro atoms. The molecule has 1 atom stereocenters. The molecule has 2 aromatic rings. The molecular formula is C20H22FN3O3. The van der Waals surface area contributed by atoms with Crippen LogP contribution in [-0.4, -0.2) is 34.0 Å². The lowest BCUT2D eigenvalue weighted by molar-refractivity contribution is -0.153. The number of ether oxygens (including phenoxy) is 1.